The van der Waals surface area contributed by atoms with Crippen LogP contribution in [0.4, 0.5) is 17.2 Å². The zero-order valence-electron chi connectivity index (χ0n) is 20.4. The lowest BCUT2D eigenvalue weighted by atomic mass is 9.96. The summed E-state index contributed by atoms with van der Waals surface area (Å²) in [6.07, 6.45) is 3.49. The second-order valence-corrected chi connectivity index (χ2v) is 9.11. The van der Waals surface area contributed by atoms with Gasteiger partial charge in [-0.3, -0.25) is 24.0 Å². The Bertz CT molecular complexity index is 1300. The molecule has 184 valence electrons. The van der Waals surface area contributed by atoms with Crippen LogP contribution in [0.2, 0.25) is 0 Å². The number of anilines is 3. The zero-order valence-corrected chi connectivity index (χ0v) is 20.4. The number of aromatic nitrogens is 2. The Balaban J connectivity index is 1.75. The fourth-order valence-corrected chi connectivity index (χ4v) is 4.67. The van der Waals surface area contributed by atoms with Gasteiger partial charge in [0.25, 0.3) is 5.56 Å². The fraction of sp³-hybridized carbons (Fsp3) is 0.370. The number of nitrogens with two attached hydrogens (primary N) is 1. The highest BCUT2D eigenvalue weighted by molar-refractivity contribution is 5.98. The predicted molar refractivity (Wildman–Crippen MR) is 140 cm³/mol. The number of aromatic amines is 1. The predicted octanol–water partition coefficient (Wildman–Crippen LogP) is 3.29. The second-order valence-electron chi connectivity index (χ2n) is 9.11. The normalized spacial score (nSPS) is 15.0. The number of benzene rings is 2. The van der Waals surface area contributed by atoms with E-state index < -0.39 is 11.2 Å². The first-order valence-electron chi connectivity index (χ1n) is 12.2. The van der Waals surface area contributed by atoms with Crippen molar-refractivity contribution in [3.8, 4) is 0 Å². The Morgan fingerprint density at radius 3 is 2.57 bits per heavy atom. The van der Waals surface area contributed by atoms with Crippen LogP contribution < -0.4 is 26.8 Å². The molecule has 4 rings (SSSR count). The number of unbranched alkanes of at least 4 members (excludes halogenated alkanes) is 1. The van der Waals surface area contributed by atoms with Crippen molar-refractivity contribution in [1.82, 2.24) is 9.55 Å². The molecule has 0 spiro atoms. The van der Waals surface area contributed by atoms with Gasteiger partial charge >= 0.3 is 5.69 Å². The van der Waals surface area contributed by atoms with E-state index in [2.05, 4.69) is 22.9 Å². The molecule has 0 unspecified atom stereocenters. The van der Waals surface area contributed by atoms with Gasteiger partial charge < -0.3 is 10.6 Å². The number of carbonyl (C=O) groups is 1. The average molecular weight is 476 g/mol. The number of carbonyl (C=O) groups excluding carboxylic acids is 1. The third-order valence-corrected chi connectivity index (χ3v) is 6.67. The van der Waals surface area contributed by atoms with E-state index in [9.17, 15) is 14.4 Å². The Kier molecular flexibility index (Phi) is 7.39. The van der Waals surface area contributed by atoms with Crippen LogP contribution in [0.15, 0.2) is 64.2 Å². The third kappa shape index (κ3) is 5.16. The third-order valence-electron chi connectivity index (χ3n) is 6.67. The van der Waals surface area contributed by atoms with Gasteiger partial charge in [0, 0.05) is 18.3 Å². The molecule has 3 aromatic rings. The molecule has 1 aromatic heterocycles. The summed E-state index contributed by atoms with van der Waals surface area (Å²) in [6, 6.07) is 17.7. The van der Waals surface area contributed by atoms with Crippen LogP contribution in [0, 0.1) is 0 Å². The Hall–Kier alpha value is -3.81. The lowest BCUT2D eigenvalue weighted by Gasteiger charge is -2.38. The van der Waals surface area contributed by atoms with Gasteiger partial charge in [0.2, 0.25) is 5.91 Å². The number of nitrogens with one attached hydrogen (secondary N) is 1. The van der Waals surface area contributed by atoms with E-state index in [0.717, 1.165) is 36.9 Å². The van der Waals surface area contributed by atoms with Crippen LogP contribution in [0.25, 0.3) is 0 Å². The summed E-state index contributed by atoms with van der Waals surface area (Å²) in [5, 5.41) is 0. The topological polar surface area (TPSA) is 104 Å². The smallest absolute Gasteiger partial charge is 0.330 e. The highest BCUT2D eigenvalue weighted by Crippen LogP contribution is 2.31. The largest absolute Gasteiger partial charge is 0.383 e. The molecule has 2 heterocycles. The van der Waals surface area contributed by atoms with Gasteiger partial charge in [-0.1, -0.05) is 61.9 Å². The summed E-state index contributed by atoms with van der Waals surface area (Å²) in [7, 11) is 0. The van der Waals surface area contributed by atoms with E-state index >= 15 is 0 Å². The quantitative estimate of drug-likeness (QED) is 0.520. The van der Waals surface area contributed by atoms with Gasteiger partial charge in [0.05, 0.1) is 13.1 Å². The maximum absolute atomic E-state index is 13.9. The molecule has 0 radical (unpaired) electrons. The molecule has 35 heavy (non-hydrogen) atoms. The van der Waals surface area contributed by atoms with E-state index in [1.807, 2.05) is 55.5 Å². The molecule has 3 N–H and O–H groups in total. The molecule has 1 atom stereocenters. The minimum atomic E-state index is -0.656. The number of nitrogen functional groups attached to an aromatic ring is 1. The van der Waals surface area contributed by atoms with Gasteiger partial charge in [0.15, 0.2) is 5.69 Å². The molecule has 1 aliphatic rings. The second kappa shape index (κ2) is 10.6. The molecule has 0 bridgehead atoms. The first-order valence-corrected chi connectivity index (χ1v) is 12.2. The molecular formula is C27H33N5O3. The van der Waals surface area contributed by atoms with Crippen LogP contribution in [0.3, 0.4) is 0 Å². The van der Waals surface area contributed by atoms with Crippen LogP contribution >= 0.6 is 0 Å². The molecule has 2 aromatic carbocycles. The Morgan fingerprint density at radius 2 is 1.83 bits per heavy atom. The summed E-state index contributed by atoms with van der Waals surface area (Å²) in [4.78, 5) is 45.3. The Morgan fingerprint density at radius 1 is 1.11 bits per heavy atom. The molecule has 0 saturated carbocycles. The van der Waals surface area contributed by atoms with Gasteiger partial charge in [-0.05, 0) is 43.4 Å². The van der Waals surface area contributed by atoms with E-state index in [4.69, 9.17) is 5.73 Å². The summed E-state index contributed by atoms with van der Waals surface area (Å²) >= 11 is 0. The Labute approximate surface area is 205 Å². The monoisotopic (exact) mass is 475 g/mol. The van der Waals surface area contributed by atoms with Gasteiger partial charge in [0.1, 0.15) is 5.82 Å². The summed E-state index contributed by atoms with van der Waals surface area (Å²) in [5.41, 5.74) is 8.30. The minimum Gasteiger partial charge on any atom is -0.383 e. The average Bonchev–Trinajstić information content (AvgIpc) is 2.85. The standard InChI is InChI=1S/C27H33N5O3/c1-3-4-16-30-25(28)24(26(34)29-27(30)35)32(17-20-10-6-5-7-11-20)23(33)18-31-19(2)14-15-21-12-8-9-13-22(21)31/h5-13,19H,3-4,14-18,28H2,1-2H3,(H,29,34,35)/t19-/m1/s1. The number of fused-ring (bicyclic) bond motifs is 1. The molecular weight excluding hydrogens is 442 g/mol. The number of amides is 1. The molecule has 8 heteroatoms. The fourth-order valence-electron chi connectivity index (χ4n) is 4.67. The number of para-hydroxylation sites is 1. The number of rotatable bonds is 8. The minimum absolute atomic E-state index is 0.0172. The van der Waals surface area contributed by atoms with Gasteiger partial charge in [-0.15, -0.1) is 0 Å². The zero-order chi connectivity index (χ0) is 24.9. The summed E-state index contributed by atoms with van der Waals surface area (Å²) in [6.45, 7) is 4.75. The summed E-state index contributed by atoms with van der Waals surface area (Å²) in [5.74, 6) is -0.237. The first-order chi connectivity index (χ1) is 16.9. The number of H-pyrrole nitrogens is 1. The van der Waals surface area contributed by atoms with Crippen molar-refractivity contribution >= 4 is 23.1 Å². The van der Waals surface area contributed by atoms with Crippen molar-refractivity contribution in [3.63, 3.8) is 0 Å². The molecule has 1 aliphatic heterocycles. The highest BCUT2D eigenvalue weighted by atomic mass is 16.2. The van der Waals surface area contributed by atoms with Crippen molar-refractivity contribution < 1.29 is 4.79 Å². The number of nitrogens with zero attached hydrogens (tertiary/aromatic N) is 3. The van der Waals surface area contributed by atoms with E-state index in [-0.39, 0.29) is 36.5 Å². The molecule has 1 amide bonds. The van der Waals surface area contributed by atoms with Gasteiger partial charge in [-0.2, -0.15) is 0 Å². The maximum atomic E-state index is 13.9. The van der Waals surface area contributed by atoms with Crippen LogP contribution in [-0.4, -0.2) is 28.0 Å². The van der Waals surface area contributed by atoms with E-state index in [0.29, 0.717) is 6.54 Å². The maximum Gasteiger partial charge on any atom is 0.330 e. The molecule has 0 aliphatic carbocycles. The lowest BCUT2D eigenvalue weighted by Crippen LogP contribution is -2.48. The van der Waals surface area contributed by atoms with Crippen molar-refractivity contribution in [2.75, 3.05) is 22.1 Å². The van der Waals surface area contributed by atoms with E-state index in [1.54, 1.807) is 0 Å². The van der Waals surface area contributed by atoms with Gasteiger partial charge in [-0.25, -0.2) is 4.79 Å². The highest BCUT2D eigenvalue weighted by Gasteiger charge is 2.30. The lowest BCUT2D eigenvalue weighted by molar-refractivity contribution is -0.117. The summed E-state index contributed by atoms with van der Waals surface area (Å²) < 4.78 is 1.35. The molecule has 8 nitrogen and oxygen atoms in total. The number of hydrogen-bond acceptors (Lipinski definition) is 5. The van der Waals surface area contributed by atoms with Crippen LogP contribution in [0.5, 0.6) is 0 Å². The SMILES string of the molecule is CCCCn1c(N)c(N(Cc2ccccc2)C(=O)CN2c3ccccc3CC[C@H]2C)c(=O)[nH]c1=O. The molecule has 0 saturated heterocycles. The van der Waals surface area contributed by atoms with Crippen LogP contribution in [0.1, 0.15) is 44.2 Å². The molecule has 0 fully saturated rings. The van der Waals surface area contributed by atoms with Crippen LogP contribution in [-0.2, 0) is 24.3 Å². The van der Waals surface area contributed by atoms with E-state index in [1.165, 1.54) is 15.0 Å². The first kappa shape index (κ1) is 24.3. The van der Waals surface area contributed by atoms with Crippen molar-refractivity contribution in [1.29, 1.82) is 0 Å². The number of hydrogen-bond donors (Lipinski definition) is 2. The number of aryl methyl sites for hydroxylation is 1. The van der Waals surface area contributed by atoms with Crippen molar-refractivity contribution in [3.05, 3.63) is 86.6 Å². The van der Waals surface area contributed by atoms with Crippen molar-refractivity contribution in [2.24, 2.45) is 0 Å². The van der Waals surface area contributed by atoms with Crippen molar-refractivity contribution in [2.45, 2.75) is 58.7 Å².